The molecular formula is C10H12N2. The van der Waals surface area contributed by atoms with Crippen LogP contribution in [-0.4, -0.2) is 0 Å². The summed E-state index contributed by atoms with van der Waals surface area (Å²) in [5.41, 5.74) is 0. The molecule has 2 unspecified atom stereocenters. The first-order valence-corrected chi connectivity index (χ1v) is 4.30. The molecule has 2 heteroatoms. The van der Waals surface area contributed by atoms with Crippen molar-refractivity contribution in [2.45, 2.75) is 25.7 Å². The zero-order valence-corrected chi connectivity index (χ0v) is 7.03. The molecule has 0 aliphatic heterocycles. The number of hydrogen-bond acceptors (Lipinski definition) is 2. The van der Waals surface area contributed by atoms with E-state index in [4.69, 9.17) is 10.5 Å². The van der Waals surface area contributed by atoms with Crippen LogP contribution in [0.4, 0.5) is 0 Å². The Bertz CT molecular complexity index is 242. The van der Waals surface area contributed by atoms with Crippen LogP contribution in [0, 0.1) is 34.5 Å². The molecule has 1 rings (SSSR count). The largest absolute Gasteiger partial charge is 0.198 e. The average molecular weight is 160 g/mol. The minimum Gasteiger partial charge on any atom is -0.198 e. The van der Waals surface area contributed by atoms with Crippen LogP contribution >= 0.6 is 0 Å². The first kappa shape index (κ1) is 8.81. The summed E-state index contributed by atoms with van der Waals surface area (Å²) in [7, 11) is 0. The molecule has 0 aromatic carbocycles. The van der Waals surface area contributed by atoms with Crippen LogP contribution in [0.5, 0.6) is 0 Å². The monoisotopic (exact) mass is 160 g/mol. The van der Waals surface area contributed by atoms with E-state index in [9.17, 15) is 0 Å². The third kappa shape index (κ3) is 2.10. The maximum absolute atomic E-state index is 8.79. The van der Waals surface area contributed by atoms with Crippen LogP contribution in [0.2, 0.25) is 0 Å². The second-order valence-electron chi connectivity index (χ2n) is 3.14. The van der Waals surface area contributed by atoms with E-state index in [2.05, 4.69) is 24.3 Å². The predicted molar refractivity (Wildman–Crippen MR) is 45.8 cm³/mol. The Hall–Kier alpha value is -1.28. The maximum atomic E-state index is 8.79. The van der Waals surface area contributed by atoms with Gasteiger partial charge in [0.05, 0.1) is 18.1 Å². The topological polar surface area (TPSA) is 47.6 Å². The number of nitriles is 2. The van der Waals surface area contributed by atoms with Gasteiger partial charge < -0.3 is 0 Å². The van der Waals surface area contributed by atoms with Crippen molar-refractivity contribution in [2.24, 2.45) is 11.8 Å². The van der Waals surface area contributed by atoms with E-state index in [1.54, 1.807) is 0 Å². The van der Waals surface area contributed by atoms with Gasteiger partial charge in [-0.25, -0.2) is 0 Å². The Kier molecular flexibility index (Phi) is 3.35. The predicted octanol–water partition coefficient (Wildman–Crippen LogP) is 2.40. The highest BCUT2D eigenvalue weighted by Crippen LogP contribution is 2.28. The fourth-order valence-corrected chi connectivity index (χ4v) is 1.60. The minimum absolute atomic E-state index is 0.142. The van der Waals surface area contributed by atoms with Crippen LogP contribution < -0.4 is 0 Å². The normalized spacial score (nSPS) is 27.5. The van der Waals surface area contributed by atoms with Crippen molar-refractivity contribution in [3.63, 3.8) is 0 Å². The van der Waals surface area contributed by atoms with Crippen molar-refractivity contribution in [3.05, 3.63) is 12.2 Å². The molecule has 0 radical (unpaired) electrons. The Labute approximate surface area is 73.1 Å². The Morgan fingerprint density at radius 2 is 2.00 bits per heavy atom. The van der Waals surface area contributed by atoms with Gasteiger partial charge in [0.1, 0.15) is 0 Å². The van der Waals surface area contributed by atoms with E-state index in [-0.39, 0.29) is 5.92 Å². The smallest absolute Gasteiger partial charge is 0.0662 e. The molecule has 0 aromatic heterocycles. The molecule has 2 nitrogen and oxygen atoms in total. The number of hydrogen-bond donors (Lipinski definition) is 0. The first-order chi connectivity index (χ1) is 5.88. The molecule has 0 saturated heterocycles. The molecule has 0 heterocycles. The summed E-state index contributed by atoms with van der Waals surface area (Å²) in [4.78, 5) is 0. The molecular weight excluding hydrogens is 148 g/mol. The summed E-state index contributed by atoms with van der Waals surface area (Å²) in [6.07, 6.45) is 7.48. The zero-order valence-electron chi connectivity index (χ0n) is 7.03. The summed E-state index contributed by atoms with van der Waals surface area (Å²) in [5, 5.41) is 17.2. The van der Waals surface area contributed by atoms with Gasteiger partial charge in [-0.3, -0.25) is 0 Å². The molecule has 0 spiro atoms. The highest BCUT2D eigenvalue weighted by Gasteiger charge is 2.21. The lowest BCUT2D eigenvalue weighted by atomic mass is 9.81. The van der Waals surface area contributed by atoms with Gasteiger partial charge in [-0.2, -0.15) is 10.5 Å². The SMILES string of the molecule is N#CCCC1CC=CCC1C#N. The van der Waals surface area contributed by atoms with E-state index < -0.39 is 0 Å². The standard InChI is InChI=1S/C10H12N2/c11-7-3-6-9-4-1-2-5-10(9)8-12/h1-2,9-10H,3-6H2. The first-order valence-electron chi connectivity index (χ1n) is 4.30. The third-order valence-electron chi connectivity index (χ3n) is 2.36. The van der Waals surface area contributed by atoms with Crippen LogP contribution in [0.15, 0.2) is 12.2 Å². The van der Waals surface area contributed by atoms with Crippen molar-refractivity contribution in [1.29, 1.82) is 10.5 Å². The summed E-state index contributed by atoms with van der Waals surface area (Å²) in [6, 6.07) is 4.43. The fraction of sp³-hybridized carbons (Fsp3) is 0.600. The molecule has 0 bridgehead atoms. The van der Waals surface area contributed by atoms with Gasteiger partial charge >= 0.3 is 0 Å². The Morgan fingerprint density at radius 3 is 2.67 bits per heavy atom. The lowest BCUT2D eigenvalue weighted by molar-refractivity contribution is 0.372. The second-order valence-corrected chi connectivity index (χ2v) is 3.14. The van der Waals surface area contributed by atoms with Crippen LogP contribution in [0.1, 0.15) is 25.7 Å². The average Bonchev–Trinajstić information content (AvgIpc) is 2.15. The molecule has 0 aromatic rings. The van der Waals surface area contributed by atoms with E-state index >= 15 is 0 Å². The summed E-state index contributed by atoms with van der Waals surface area (Å²) >= 11 is 0. The molecule has 1 aliphatic carbocycles. The van der Waals surface area contributed by atoms with Crippen molar-refractivity contribution in [1.82, 2.24) is 0 Å². The molecule has 0 N–H and O–H groups in total. The molecule has 2 atom stereocenters. The lowest BCUT2D eigenvalue weighted by Crippen LogP contribution is -2.14. The third-order valence-corrected chi connectivity index (χ3v) is 2.36. The second kappa shape index (κ2) is 4.57. The van der Waals surface area contributed by atoms with E-state index in [0.717, 1.165) is 19.3 Å². The van der Waals surface area contributed by atoms with Crippen molar-refractivity contribution in [2.75, 3.05) is 0 Å². The zero-order chi connectivity index (χ0) is 8.81. The molecule has 62 valence electrons. The highest BCUT2D eigenvalue weighted by molar-refractivity contribution is 5.02. The van der Waals surface area contributed by atoms with E-state index in [1.807, 2.05) is 0 Å². The van der Waals surface area contributed by atoms with Gasteiger partial charge in [0.2, 0.25) is 0 Å². The maximum Gasteiger partial charge on any atom is 0.0662 e. The minimum atomic E-state index is 0.142. The van der Waals surface area contributed by atoms with Gasteiger partial charge in [0, 0.05) is 6.42 Å². The summed E-state index contributed by atoms with van der Waals surface area (Å²) in [5.74, 6) is 0.558. The van der Waals surface area contributed by atoms with E-state index in [0.29, 0.717) is 12.3 Å². The highest BCUT2D eigenvalue weighted by atomic mass is 14.3. The number of nitrogens with zero attached hydrogens (tertiary/aromatic N) is 2. The summed E-state index contributed by atoms with van der Waals surface area (Å²) < 4.78 is 0. The van der Waals surface area contributed by atoms with Gasteiger partial charge in [-0.1, -0.05) is 12.2 Å². The van der Waals surface area contributed by atoms with Gasteiger partial charge in [-0.15, -0.1) is 0 Å². The van der Waals surface area contributed by atoms with Gasteiger partial charge in [0.15, 0.2) is 0 Å². The molecule has 0 amide bonds. The number of rotatable bonds is 2. The van der Waals surface area contributed by atoms with E-state index in [1.165, 1.54) is 0 Å². The van der Waals surface area contributed by atoms with Crippen molar-refractivity contribution in [3.8, 4) is 12.1 Å². The lowest BCUT2D eigenvalue weighted by Gasteiger charge is -2.21. The molecule has 1 aliphatic rings. The van der Waals surface area contributed by atoms with Crippen molar-refractivity contribution >= 4 is 0 Å². The van der Waals surface area contributed by atoms with Crippen LogP contribution in [0.25, 0.3) is 0 Å². The number of allylic oxidation sites excluding steroid dienone is 2. The molecule has 0 fully saturated rings. The quantitative estimate of drug-likeness (QED) is 0.582. The Morgan fingerprint density at radius 1 is 1.25 bits per heavy atom. The van der Waals surface area contributed by atoms with Crippen molar-refractivity contribution < 1.29 is 0 Å². The molecule has 12 heavy (non-hydrogen) atoms. The fourth-order valence-electron chi connectivity index (χ4n) is 1.60. The van der Waals surface area contributed by atoms with Gasteiger partial charge in [-0.05, 0) is 25.2 Å². The van der Waals surface area contributed by atoms with Gasteiger partial charge in [0.25, 0.3) is 0 Å². The Balaban J connectivity index is 2.46. The molecule has 0 saturated carbocycles. The van der Waals surface area contributed by atoms with Crippen LogP contribution in [-0.2, 0) is 0 Å². The van der Waals surface area contributed by atoms with Crippen LogP contribution in [0.3, 0.4) is 0 Å². The summed E-state index contributed by atoms with van der Waals surface area (Å²) in [6.45, 7) is 0.